The lowest BCUT2D eigenvalue weighted by Gasteiger charge is -2.18. The number of ether oxygens (including phenoxy) is 3. The van der Waals surface area contributed by atoms with Gasteiger partial charge in [-0.15, -0.1) is 0 Å². The summed E-state index contributed by atoms with van der Waals surface area (Å²) < 4.78 is 16.7. The Morgan fingerprint density at radius 2 is 0.679 bits per heavy atom. The number of rotatable bonds is 43. The van der Waals surface area contributed by atoms with Gasteiger partial charge in [-0.3, -0.25) is 14.4 Å². The van der Waals surface area contributed by atoms with Gasteiger partial charge in [-0.25, -0.2) is 0 Å². The number of hydrogen-bond donors (Lipinski definition) is 0. The fourth-order valence-corrected chi connectivity index (χ4v) is 6.72. The first-order valence-corrected chi connectivity index (χ1v) is 24.0. The van der Waals surface area contributed by atoms with Crippen LogP contribution in [0.4, 0.5) is 0 Å². The number of carbonyl (C=O) groups excluding carboxylic acids is 3. The van der Waals surface area contributed by atoms with Gasteiger partial charge in [0.25, 0.3) is 0 Å². The van der Waals surface area contributed by atoms with Crippen LogP contribution in [0, 0.1) is 0 Å². The highest BCUT2D eigenvalue weighted by Gasteiger charge is 2.19. The molecular weight excluding hydrogens is 697 g/mol. The maximum absolute atomic E-state index is 12.7. The van der Waals surface area contributed by atoms with Crippen LogP contribution in [-0.2, 0) is 28.6 Å². The van der Waals surface area contributed by atoms with E-state index in [-0.39, 0.29) is 37.5 Å². The average molecular weight is 787 g/mol. The van der Waals surface area contributed by atoms with E-state index < -0.39 is 6.10 Å². The molecule has 0 rings (SSSR count). The number of esters is 3. The number of unbranched alkanes of at least 4 members (excludes halogenated alkanes) is 26. The first-order valence-electron chi connectivity index (χ1n) is 24.0. The van der Waals surface area contributed by atoms with Gasteiger partial charge >= 0.3 is 17.9 Å². The molecule has 326 valence electrons. The van der Waals surface area contributed by atoms with Crippen molar-refractivity contribution in [3.05, 3.63) is 36.5 Å². The van der Waals surface area contributed by atoms with Gasteiger partial charge in [-0.1, -0.05) is 198 Å². The second-order valence-corrected chi connectivity index (χ2v) is 16.0. The fraction of sp³-hybridized carbons (Fsp3) is 0.820. The van der Waals surface area contributed by atoms with E-state index in [1.165, 1.54) is 135 Å². The predicted octanol–water partition coefficient (Wildman–Crippen LogP) is 15.4. The van der Waals surface area contributed by atoms with Gasteiger partial charge in [0, 0.05) is 19.3 Å². The third kappa shape index (κ3) is 42.8. The molecule has 0 N–H and O–H groups in total. The first kappa shape index (κ1) is 53.6. The van der Waals surface area contributed by atoms with E-state index in [1.807, 2.05) is 6.08 Å². The van der Waals surface area contributed by atoms with E-state index in [1.54, 1.807) is 0 Å². The Bertz CT molecular complexity index is 953. The third-order valence-corrected chi connectivity index (χ3v) is 10.4. The Morgan fingerprint density at radius 3 is 1.09 bits per heavy atom. The molecule has 0 aromatic rings. The van der Waals surface area contributed by atoms with Crippen molar-refractivity contribution in [1.82, 2.24) is 0 Å². The Kier molecular flexibility index (Phi) is 43.4. The second-order valence-electron chi connectivity index (χ2n) is 16.0. The molecule has 0 aliphatic heterocycles. The minimum absolute atomic E-state index is 0.0969. The largest absolute Gasteiger partial charge is 0.462 e. The van der Waals surface area contributed by atoms with Crippen LogP contribution in [-0.4, -0.2) is 37.2 Å². The van der Waals surface area contributed by atoms with Gasteiger partial charge in [0.15, 0.2) is 6.10 Å². The van der Waals surface area contributed by atoms with Crippen LogP contribution in [0.5, 0.6) is 0 Å². The zero-order valence-electron chi connectivity index (χ0n) is 37.2. The summed E-state index contributed by atoms with van der Waals surface area (Å²) in [6.45, 7) is 6.56. The summed E-state index contributed by atoms with van der Waals surface area (Å²) >= 11 is 0. The highest BCUT2D eigenvalue weighted by Crippen LogP contribution is 2.14. The molecule has 0 spiro atoms. The lowest BCUT2D eigenvalue weighted by atomic mass is 10.1. The van der Waals surface area contributed by atoms with E-state index in [0.717, 1.165) is 64.2 Å². The smallest absolute Gasteiger partial charge is 0.306 e. The summed E-state index contributed by atoms with van der Waals surface area (Å²) in [4.78, 5) is 37.7. The first-order chi connectivity index (χ1) is 27.5. The maximum atomic E-state index is 12.7. The van der Waals surface area contributed by atoms with Crippen LogP contribution < -0.4 is 0 Å². The number of carbonyl (C=O) groups is 3. The molecule has 0 aliphatic carbocycles. The number of hydrogen-bond acceptors (Lipinski definition) is 6. The minimum Gasteiger partial charge on any atom is -0.462 e. The highest BCUT2D eigenvalue weighted by atomic mass is 16.6. The normalized spacial score (nSPS) is 12.3. The molecule has 56 heavy (non-hydrogen) atoms. The van der Waals surface area contributed by atoms with Crippen molar-refractivity contribution in [2.75, 3.05) is 13.2 Å². The van der Waals surface area contributed by atoms with Crippen molar-refractivity contribution in [2.24, 2.45) is 0 Å². The quantitative estimate of drug-likeness (QED) is 0.0265. The summed E-state index contributed by atoms with van der Waals surface area (Å²) in [6.07, 6.45) is 51.4. The lowest BCUT2D eigenvalue weighted by molar-refractivity contribution is -0.166. The van der Waals surface area contributed by atoms with Crippen LogP contribution in [0.15, 0.2) is 36.5 Å². The van der Waals surface area contributed by atoms with E-state index in [4.69, 9.17) is 14.2 Å². The molecule has 6 heteroatoms. The Balaban J connectivity index is 4.45. The molecule has 0 fully saturated rings. The molecule has 0 bridgehead atoms. The summed E-state index contributed by atoms with van der Waals surface area (Å²) in [5.74, 6) is -0.978. The molecule has 0 aromatic carbocycles. The van der Waals surface area contributed by atoms with Gasteiger partial charge in [-0.05, 0) is 64.2 Å². The SMILES string of the molecule is CCCCCCCC/C=C\C/C=C\CCC(=O)OC(COC(=O)CCCCC/C=C\CCCCCCCCC)COC(=O)CCCCCCCCCCCCC. The maximum Gasteiger partial charge on any atom is 0.306 e. The summed E-state index contributed by atoms with van der Waals surface area (Å²) in [7, 11) is 0. The second kappa shape index (κ2) is 45.3. The van der Waals surface area contributed by atoms with E-state index in [9.17, 15) is 14.4 Å². The van der Waals surface area contributed by atoms with Crippen LogP contribution in [0.1, 0.15) is 245 Å². The fourth-order valence-electron chi connectivity index (χ4n) is 6.72. The molecule has 0 saturated heterocycles. The van der Waals surface area contributed by atoms with E-state index in [2.05, 4.69) is 51.2 Å². The topological polar surface area (TPSA) is 78.9 Å². The monoisotopic (exact) mass is 787 g/mol. The van der Waals surface area contributed by atoms with E-state index >= 15 is 0 Å². The zero-order valence-corrected chi connectivity index (χ0v) is 37.2. The molecule has 0 aromatic heterocycles. The Hall–Kier alpha value is -2.37. The van der Waals surface area contributed by atoms with Crippen molar-refractivity contribution < 1.29 is 28.6 Å². The highest BCUT2D eigenvalue weighted by molar-refractivity contribution is 5.71. The molecule has 0 aliphatic rings. The van der Waals surface area contributed by atoms with Crippen LogP contribution in [0.2, 0.25) is 0 Å². The standard InChI is InChI=1S/C50H90O6/c1-4-7-10-13-16-19-22-24-26-28-31-34-37-40-43-49(52)55-46-47(45-54-48(51)42-39-36-33-30-27-21-18-15-12-9-6-3)56-50(53)44-41-38-35-32-29-25-23-20-17-14-11-8-5-2/h25-26,28-29,35,38,47H,4-24,27,30-34,36-37,39-46H2,1-3H3/b28-26-,29-25-,38-35-. The predicted molar refractivity (Wildman–Crippen MR) is 238 cm³/mol. The minimum atomic E-state index is -0.803. The van der Waals surface area contributed by atoms with Crippen LogP contribution >= 0.6 is 0 Å². The van der Waals surface area contributed by atoms with Crippen molar-refractivity contribution in [2.45, 2.75) is 252 Å². The van der Waals surface area contributed by atoms with Gasteiger partial charge in [0.2, 0.25) is 0 Å². The molecule has 1 atom stereocenters. The molecule has 0 heterocycles. The van der Waals surface area contributed by atoms with Crippen molar-refractivity contribution in [3.8, 4) is 0 Å². The molecular formula is C50H90O6. The Morgan fingerprint density at radius 1 is 0.357 bits per heavy atom. The molecule has 0 saturated carbocycles. The number of allylic oxidation sites excluding steroid dienone is 6. The lowest BCUT2D eigenvalue weighted by Crippen LogP contribution is -2.30. The average Bonchev–Trinajstić information content (AvgIpc) is 3.19. The van der Waals surface area contributed by atoms with Crippen LogP contribution in [0.25, 0.3) is 0 Å². The van der Waals surface area contributed by atoms with Crippen molar-refractivity contribution >= 4 is 17.9 Å². The van der Waals surface area contributed by atoms with Gasteiger partial charge < -0.3 is 14.2 Å². The molecule has 1 unspecified atom stereocenters. The zero-order chi connectivity index (χ0) is 40.8. The summed E-state index contributed by atoms with van der Waals surface area (Å²) in [6, 6.07) is 0. The van der Waals surface area contributed by atoms with Crippen LogP contribution in [0.3, 0.4) is 0 Å². The summed E-state index contributed by atoms with van der Waals surface area (Å²) in [5, 5.41) is 0. The molecule has 0 radical (unpaired) electrons. The van der Waals surface area contributed by atoms with Crippen molar-refractivity contribution in [3.63, 3.8) is 0 Å². The van der Waals surface area contributed by atoms with Crippen molar-refractivity contribution in [1.29, 1.82) is 0 Å². The molecule has 0 amide bonds. The third-order valence-electron chi connectivity index (χ3n) is 10.4. The summed E-state index contributed by atoms with van der Waals surface area (Å²) in [5.41, 5.74) is 0. The van der Waals surface area contributed by atoms with E-state index in [0.29, 0.717) is 19.3 Å². The molecule has 6 nitrogen and oxygen atoms in total. The van der Waals surface area contributed by atoms with Gasteiger partial charge in [-0.2, -0.15) is 0 Å². The van der Waals surface area contributed by atoms with Gasteiger partial charge in [0.05, 0.1) is 0 Å². The van der Waals surface area contributed by atoms with Gasteiger partial charge in [0.1, 0.15) is 13.2 Å². The Labute approximate surface area is 346 Å².